The molecule has 0 fully saturated rings. The van der Waals surface area contributed by atoms with Crippen molar-refractivity contribution in [1.29, 1.82) is 0 Å². The number of alkyl halides is 3. The predicted molar refractivity (Wildman–Crippen MR) is 96.9 cm³/mol. The van der Waals surface area contributed by atoms with Crippen LogP contribution >= 0.6 is 0 Å². The molecule has 0 spiro atoms. The van der Waals surface area contributed by atoms with E-state index in [0.717, 1.165) is 19.5 Å². The van der Waals surface area contributed by atoms with Gasteiger partial charge < -0.3 is 10.6 Å². The highest BCUT2D eigenvalue weighted by Gasteiger charge is 2.26. The Hall–Kier alpha value is -1.76. The van der Waals surface area contributed by atoms with E-state index in [1.807, 2.05) is 18.2 Å². The van der Waals surface area contributed by atoms with Crippen molar-refractivity contribution in [3.8, 4) is 0 Å². The Morgan fingerprint density at radius 2 is 1.76 bits per heavy atom. The van der Waals surface area contributed by atoms with Crippen LogP contribution in [0.15, 0.2) is 35.3 Å². The van der Waals surface area contributed by atoms with E-state index in [9.17, 15) is 13.2 Å². The first-order chi connectivity index (χ1) is 11.9. The Morgan fingerprint density at radius 1 is 1.12 bits per heavy atom. The molecule has 0 radical (unpaired) electrons. The SMILES string of the molecule is CCN(CC)C(CNC(=NC)NCCC(F)(F)F)Cc1ccccc1. The molecule has 1 rings (SSSR count). The third-order valence-corrected chi connectivity index (χ3v) is 4.07. The van der Waals surface area contributed by atoms with Gasteiger partial charge in [0.1, 0.15) is 0 Å². The molecule has 0 aliphatic rings. The lowest BCUT2D eigenvalue weighted by molar-refractivity contribution is -0.132. The van der Waals surface area contributed by atoms with Crippen molar-refractivity contribution in [3.05, 3.63) is 35.9 Å². The summed E-state index contributed by atoms with van der Waals surface area (Å²) in [7, 11) is 1.56. The average molecular weight is 358 g/mol. The van der Waals surface area contributed by atoms with Crippen molar-refractivity contribution < 1.29 is 13.2 Å². The monoisotopic (exact) mass is 358 g/mol. The van der Waals surface area contributed by atoms with Gasteiger partial charge in [-0.2, -0.15) is 13.2 Å². The number of halogens is 3. The molecule has 0 saturated heterocycles. The molecule has 1 unspecified atom stereocenters. The minimum absolute atomic E-state index is 0.183. The molecule has 142 valence electrons. The first-order valence-corrected chi connectivity index (χ1v) is 8.68. The summed E-state index contributed by atoms with van der Waals surface area (Å²) in [4.78, 5) is 6.34. The van der Waals surface area contributed by atoms with Gasteiger partial charge in [0, 0.05) is 26.2 Å². The molecule has 7 heteroatoms. The Kier molecular flexibility index (Phi) is 9.34. The molecule has 2 N–H and O–H groups in total. The number of likely N-dealkylation sites (N-methyl/N-ethyl adjacent to an activating group) is 1. The number of aliphatic imine (C=N–C) groups is 1. The zero-order chi connectivity index (χ0) is 18.7. The maximum atomic E-state index is 12.3. The van der Waals surface area contributed by atoms with Crippen LogP contribution in [0.1, 0.15) is 25.8 Å². The van der Waals surface area contributed by atoms with Crippen molar-refractivity contribution >= 4 is 5.96 Å². The first kappa shape index (κ1) is 21.3. The van der Waals surface area contributed by atoms with Gasteiger partial charge in [-0.3, -0.25) is 9.89 Å². The molecule has 0 saturated carbocycles. The molecule has 1 aromatic carbocycles. The smallest absolute Gasteiger partial charge is 0.356 e. The second kappa shape index (κ2) is 11.0. The number of hydrogen-bond acceptors (Lipinski definition) is 2. The number of nitrogens with one attached hydrogen (secondary N) is 2. The normalized spacial score (nSPS) is 13.8. The number of guanidine groups is 1. The van der Waals surface area contributed by atoms with Crippen LogP contribution in [-0.2, 0) is 6.42 Å². The van der Waals surface area contributed by atoms with Gasteiger partial charge in [-0.15, -0.1) is 0 Å². The summed E-state index contributed by atoms with van der Waals surface area (Å²) < 4.78 is 36.8. The highest BCUT2D eigenvalue weighted by atomic mass is 19.4. The van der Waals surface area contributed by atoms with Gasteiger partial charge in [-0.25, -0.2) is 0 Å². The Bertz CT molecular complexity index is 499. The van der Waals surface area contributed by atoms with Crippen molar-refractivity contribution in [3.63, 3.8) is 0 Å². The molecule has 0 aromatic heterocycles. The van der Waals surface area contributed by atoms with E-state index in [-0.39, 0.29) is 12.6 Å². The molecule has 1 atom stereocenters. The van der Waals surface area contributed by atoms with Crippen LogP contribution in [-0.4, -0.2) is 56.3 Å². The minimum atomic E-state index is -4.16. The fourth-order valence-corrected chi connectivity index (χ4v) is 2.71. The van der Waals surface area contributed by atoms with Crippen molar-refractivity contribution in [2.24, 2.45) is 4.99 Å². The zero-order valence-corrected chi connectivity index (χ0v) is 15.2. The Labute approximate surface area is 148 Å². The van der Waals surface area contributed by atoms with Crippen molar-refractivity contribution in [1.82, 2.24) is 15.5 Å². The van der Waals surface area contributed by atoms with E-state index < -0.39 is 12.6 Å². The molecule has 0 bridgehead atoms. The standard InChI is InChI=1S/C18H29F3N4/c1-4-25(5-2)16(13-15-9-7-6-8-10-15)14-24-17(22-3)23-12-11-18(19,20)21/h6-10,16H,4-5,11-14H2,1-3H3,(H2,22,23,24). The largest absolute Gasteiger partial charge is 0.390 e. The van der Waals surface area contributed by atoms with E-state index >= 15 is 0 Å². The van der Waals surface area contributed by atoms with E-state index in [1.165, 1.54) is 5.56 Å². The van der Waals surface area contributed by atoms with Crippen molar-refractivity contribution in [2.45, 2.75) is 38.9 Å². The van der Waals surface area contributed by atoms with Gasteiger partial charge in [-0.1, -0.05) is 44.2 Å². The quantitative estimate of drug-likeness (QED) is 0.526. The Balaban J connectivity index is 2.61. The summed E-state index contributed by atoms with van der Waals surface area (Å²) in [6.45, 7) is 6.47. The van der Waals surface area contributed by atoms with E-state index in [2.05, 4.69) is 46.5 Å². The van der Waals surface area contributed by atoms with Crippen LogP contribution in [0.5, 0.6) is 0 Å². The van der Waals surface area contributed by atoms with E-state index in [4.69, 9.17) is 0 Å². The molecule has 25 heavy (non-hydrogen) atoms. The summed E-state index contributed by atoms with van der Waals surface area (Å²) >= 11 is 0. The highest BCUT2D eigenvalue weighted by molar-refractivity contribution is 5.79. The molecule has 0 aliphatic carbocycles. The van der Waals surface area contributed by atoms with Crippen LogP contribution in [0.4, 0.5) is 13.2 Å². The summed E-state index contributed by atoms with van der Waals surface area (Å²) in [6.07, 6.45) is -4.17. The predicted octanol–water partition coefficient (Wildman–Crippen LogP) is 3.06. The molecule has 0 heterocycles. The highest BCUT2D eigenvalue weighted by Crippen LogP contribution is 2.18. The van der Waals surface area contributed by atoms with Gasteiger partial charge in [-0.05, 0) is 25.1 Å². The second-order valence-electron chi connectivity index (χ2n) is 5.81. The molecular weight excluding hydrogens is 329 g/mol. The summed E-state index contributed by atoms with van der Waals surface area (Å²) in [6, 6.07) is 10.4. The summed E-state index contributed by atoms with van der Waals surface area (Å²) in [5.74, 6) is 0.398. The third kappa shape index (κ3) is 8.77. The molecule has 0 aliphatic heterocycles. The van der Waals surface area contributed by atoms with Gasteiger partial charge in [0.05, 0.1) is 6.42 Å². The molecule has 0 amide bonds. The fourth-order valence-electron chi connectivity index (χ4n) is 2.71. The zero-order valence-electron chi connectivity index (χ0n) is 15.2. The topological polar surface area (TPSA) is 39.7 Å². The third-order valence-electron chi connectivity index (χ3n) is 4.07. The number of benzene rings is 1. The maximum absolute atomic E-state index is 12.3. The van der Waals surface area contributed by atoms with Crippen LogP contribution < -0.4 is 10.6 Å². The molecular formula is C18H29F3N4. The van der Waals surface area contributed by atoms with Gasteiger partial charge in [0.25, 0.3) is 0 Å². The number of hydrogen-bond donors (Lipinski definition) is 2. The fraction of sp³-hybridized carbons (Fsp3) is 0.611. The summed E-state index contributed by atoms with van der Waals surface area (Å²) in [5.41, 5.74) is 1.24. The van der Waals surface area contributed by atoms with E-state index in [0.29, 0.717) is 12.5 Å². The van der Waals surface area contributed by atoms with Crippen LogP contribution in [0.25, 0.3) is 0 Å². The van der Waals surface area contributed by atoms with Crippen molar-refractivity contribution in [2.75, 3.05) is 33.2 Å². The maximum Gasteiger partial charge on any atom is 0.390 e. The first-order valence-electron chi connectivity index (χ1n) is 8.68. The second-order valence-corrected chi connectivity index (χ2v) is 5.81. The number of rotatable bonds is 9. The number of nitrogens with zero attached hydrogens (tertiary/aromatic N) is 2. The van der Waals surface area contributed by atoms with Crippen LogP contribution in [0.2, 0.25) is 0 Å². The summed E-state index contributed by atoms with van der Waals surface area (Å²) in [5, 5.41) is 5.88. The minimum Gasteiger partial charge on any atom is -0.356 e. The van der Waals surface area contributed by atoms with E-state index in [1.54, 1.807) is 7.05 Å². The van der Waals surface area contributed by atoms with Crippen LogP contribution in [0.3, 0.4) is 0 Å². The van der Waals surface area contributed by atoms with Gasteiger partial charge in [0.15, 0.2) is 5.96 Å². The van der Waals surface area contributed by atoms with Gasteiger partial charge in [0.2, 0.25) is 0 Å². The van der Waals surface area contributed by atoms with Crippen LogP contribution in [0, 0.1) is 0 Å². The molecule has 1 aromatic rings. The average Bonchev–Trinajstić information content (AvgIpc) is 2.58. The lowest BCUT2D eigenvalue weighted by Gasteiger charge is -2.30. The molecule has 4 nitrogen and oxygen atoms in total. The lowest BCUT2D eigenvalue weighted by atomic mass is 10.0. The lowest BCUT2D eigenvalue weighted by Crippen LogP contribution is -2.48. The Morgan fingerprint density at radius 3 is 2.28 bits per heavy atom. The van der Waals surface area contributed by atoms with Gasteiger partial charge >= 0.3 is 6.18 Å².